The highest BCUT2D eigenvalue weighted by molar-refractivity contribution is 5.79. The van der Waals surface area contributed by atoms with Gasteiger partial charge in [-0.2, -0.15) is 0 Å². The van der Waals surface area contributed by atoms with Gasteiger partial charge in [-0.25, -0.2) is 0 Å². The lowest BCUT2D eigenvalue weighted by Gasteiger charge is -2.15. The molecule has 28 heavy (non-hydrogen) atoms. The Hall–Kier alpha value is -3.34. The standard InChI is InChI=1S/C23H23N3O2/c1-17(18-9-3-2-4-10-18)24-22(27)14-8-16-26-20-12-6-5-11-19(20)25-15-7-13-21(25)23(26)28/h2-7,9-13,15,17H,8,14,16H2,1H3,(H,24,27)/t17-/m0/s1. The highest BCUT2D eigenvalue weighted by Crippen LogP contribution is 2.16. The summed E-state index contributed by atoms with van der Waals surface area (Å²) >= 11 is 0. The fraction of sp³-hybridized carbons (Fsp3) is 0.217. The van der Waals surface area contributed by atoms with Gasteiger partial charge < -0.3 is 14.3 Å². The minimum absolute atomic E-state index is 0.00234. The maximum absolute atomic E-state index is 12.9. The molecule has 0 saturated carbocycles. The molecule has 0 unspecified atom stereocenters. The molecule has 0 aliphatic heterocycles. The van der Waals surface area contributed by atoms with Crippen molar-refractivity contribution in [2.75, 3.05) is 0 Å². The van der Waals surface area contributed by atoms with Crippen molar-refractivity contribution < 1.29 is 4.79 Å². The lowest BCUT2D eigenvalue weighted by atomic mass is 10.1. The highest BCUT2D eigenvalue weighted by Gasteiger charge is 2.12. The van der Waals surface area contributed by atoms with Crippen LogP contribution >= 0.6 is 0 Å². The number of aromatic nitrogens is 2. The molecule has 1 atom stereocenters. The number of carbonyl (C=O) groups excluding carboxylic acids is 1. The maximum Gasteiger partial charge on any atom is 0.275 e. The van der Waals surface area contributed by atoms with Crippen LogP contribution in [0.3, 0.4) is 0 Å². The van der Waals surface area contributed by atoms with Crippen molar-refractivity contribution >= 4 is 22.5 Å². The topological polar surface area (TPSA) is 55.5 Å². The molecule has 4 aromatic rings. The first-order chi connectivity index (χ1) is 13.6. The zero-order valence-corrected chi connectivity index (χ0v) is 15.8. The molecule has 0 aliphatic rings. The Labute approximate surface area is 163 Å². The van der Waals surface area contributed by atoms with E-state index in [1.165, 1.54) is 0 Å². The van der Waals surface area contributed by atoms with Crippen LogP contribution in [0.25, 0.3) is 16.6 Å². The van der Waals surface area contributed by atoms with Gasteiger partial charge in [-0.3, -0.25) is 9.59 Å². The van der Waals surface area contributed by atoms with E-state index in [2.05, 4.69) is 5.32 Å². The van der Waals surface area contributed by atoms with Gasteiger partial charge in [-0.1, -0.05) is 42.5 Å². The molecule has 5 heteroatoms. The lowest BCUT2D eigenvalue weighted by Crippen LogP contribution is -2.27. The van der Waals surface area contributed by atoms with E-state index < -0.39 is 0 Å². The average molecular weight is 373 g/mol. The van der Waals surface area contributed by atoms with Gasteiger partial charge in [0.1, 0.15) is 5.52 Å². The number of amides is 1. The van der Waals surface area contributed by atoms with Crippen molar-refractivity contribution in [1.29, 1.82) is 0 Å². The third kappa shape index (κ3) is 3.43. The van der Waals surface area contributed by atoms with E-state index in [9.17, 15) is 9.59 Å². The van der Waals surface area contributed by atoms with Crippen LogP contribution in [0, 0.1) is 0 Å². The van der Waals surface area contributed by atoms with Crippen LogP contribution in [0.1, 0.15) is 31.4 Å². The van der Waals surface area contributed by atoms with E-state index in [1.807, 2.05) is 84.3 Å². The fourth-order valence-corrected chi connectivity index (χ4v) is 3.67. The Balaban J connectivity index is 1.48. The molecule has 0 bridgehead atoms. The van der Waals surface area contributed by atoms with Gasteiger partial charge >= 0.3 is 0 Å². The maximum atomic E-state index is 12.9. The van der Waals surface area contributed by atoms with Crippen molar-refractivity contribution in [3.8, 4) is 0 Å². The first-order valence-corrected chi connectivity index (χ1v) is 9.58. The van der Waals surface area contributed by atoms with Gasteiger partial charge in [0, 0.05) is 19.2 Å². The monoisotopic (exact) mass is 373 g/mol. The number of hydrogen-bond donors (Lipinski definition) is 1. The molecule has 5 nitrogen and oxygen atoms in total. The Morgan fingerprint density at radius 1 is 0.929 bits per heavy atom. The Morgan fingerprint density at radius 3 is 2.39 bits per heavy atom. The molecular weight excluding hydrogens is 350 g/mol. The molecule has 2 heterocycles. The van der Waals surface area contributed by atoms with Crippen molar-refractivity contribution in [2.45, 2.75) is 32.4 Å². The number of fused-ring (bicyclic) bond motifs is 3. The first kappa shape index (κ1) is 18.0. The SMILES string of the molecule is C[C@H](NC(=O)CCCn1c(=O)c2cccn2c2ccccc21)c1ccccc1. The summed E-state index contributed by atoms with van der Waals surface area (Å²) in [7, 11) is 0. The van der Waals surface area contributed by atoms with Crippen LogP contribution < -0.4 is 10.9 Å². The van der Waals surface area contributed by atoms with Crippen LogP contribution in [0.4, 0.5) is 0 Å². The summed E-state index contributed by atoms with van der Waals surface area (Å²) in [5.74, 6) is -0.00234. The van der Waals surface area contributed by atoms with E-state index in [4.69, 9.17) is 0 Å². The second-order valence-electron chi connectivity index (χ2n) is 7.01. The van der Waals surface area contributed by atoms with Crippen LogP contribution in [0.5, 0.6) is 0 Å². The van der Waals surface area contributed by atoms with Crippen LogP contribution in [0.2, 0.25) is 0 Å². The second kappa shape index (κ2) is 7.72. The van der Waals surface area contributed by atoms with Crippen LogP contribution in [-0.4, -0.2) is 14.9 Å². The van der Waals surface area contributed by atoms with E-state index >= 15 is 0 Å². The summed E-state index contributed by atoms with van der Waals surface area (Å²) in [4.78, 5) is 25.2. The van der Waals surface area contributed by atoms with Crippen molar-refractivity contribution in [3.05, 3.63) is 88.8 Å². The normalized spacial score (nSPS) is 12.3. The number of carbonyl (C=O) groups is 1. The summed E-state index contributed by atoms with van der Waals surface area (Å²) in [5, 5.41) is 3.03. The van der Waals surface area contributed by atoms with Gasteiger partial charge in [0.15, 0.2) is 0 Å². The molecule has 142 valence electrons. The third-order valence-electron chi connectivity index (χ3n) is 5.11. The molecule has 0 aliphatic carbocycles. The molecule has 2 aromatic carbocycles. The Kier molecular flexibility index (Phi) is 4.98. The zero-order valence-electron chi connectivity index (χ0n) is 15.8. The Bertz CT molecular complexity index is 1170. The molecule has 1 amide bonds. The van der Waals surface area contributed by atoms with Crippen LogP contribution in [0.15, 0.2) is 77.7 Å². The quantitative estimate of drug-likeness (QED) is 0.557. The number of hydrogen-bond acceptors (Lipinski definition) is 2. The molecule has 0 saturated heterocycles. The minimum atomic E-state index is -0.0330. The number of rotatable bonds is 6. The predicted molar refractivity (Wildman–Crippen MR) is 111 cm³/mol. The third-order valence-corrected chi connectivity index (χ3v) is 5.11. The number of nitrogens with one attached hydrogen (secondary N) is 1. The van der Waals surface area contributed by atoms with Gasteiger partial charge in [0.2, 0.25) is 5.91 Å². The largest absolute Gasteiger partial charge is 0.350 e. The zero-order chi connectivity index (χ0) is 19.5. The lowest BCUT2D eigenvalue weighted by molar-refractivity contribution is -0.121. The Morgan fingerprint density at radius 2 is 1.61 bits per heavy atom. The summed E-state index contributed by atoms with van der Waals surface area (Å²) in [5.41, 5.74) is 3.58. The molecular formula is C23H23N3O2. The van der Waals surface area contributed by atoms with E-state index in [1.54, 1.807) is 4.57 Å². The highest BCUT2D eigenvalue weighted by atomic mass is 16.1. The van der Waals surface area contributed by atoms with Gasteiger partial charge in [0.25, 0.3) is 5.56 Å². The molecule has 0 fully saturated rings. The summed E-state index contributed by atoms with van der Waals surface area (Å²) in [6.45, 7) is 2.49. The summed E-state index contributed by atoms with van der Waals surface area (Å²) < 4.78 is 3.70. The molecule has 0 spiro atoms. The second-order valence-corrected chi connectivity index (χ2v) is 7.01. The van der Waals surface area contributed by atoms with Gasteiger partial charge in [-0.05, 0) is 43.2 Å². The van der Waals surface area contributed by atoms with Crippen molar-refractivity contribution in [1.82, 2.24) is 14.3 Å². The summed E-state index contributed by atoms with van der Waals surface area (Å²) in [6.07, 6.45) is 2.89. The molecule has 4 rings (SSSR count). The fourth-order valence-electron chi connectivity index (χ4n) is 3.67. The molecule has 1 N–H and O–H groups in total. The number of para-hydroxylation sites is 2. The minimum Gasteiger partial charge on any atom is -0.350 e. The first-order valence-electron chi connectivity index (χ1n) is 9.58. The van der Waals surface area contributed by atoms with Gasteiger partial charge in [0.05, 0.1) is 17.1 Å². The molecule has 0 radical (unpaired) electrons. The smallest absolute Gasteiger partial charge is 0.275 e. The van der Waals surface area contributed by atoms with E-state index in [0.29, 0.717) is 24.9 Å². The van der Waals surface area contributed by atoms with Crippen molar-refractivity contribution in [2.24, 2.45) is 0 Å². The number of aryl methyl sites for hydroxylation is 1. The van der Waals surface area contributed by atoms with Crippen molar-refractivity contribution in [3.63, 3.8) is 0 Å². The average Bonchev–Trinajstić information content (AvgIpc) is 3.21. The number of benzene rings is 2. The predicted octanol–water partition coefficient (Wildman–Crippen LogP) is 3.91. The van der Waals surface area contributed by atoms with Crippen LogP contribution in [-0.2, 0) is 11.3 Å². The van der Waals surface area contributed by atoms with E-state index in [-0.39, 0.29) is 17.5 Å². The summed E-state index contributed by atoms with van der Waals surface area (Å²) in [6, 6.07) is 21.4. The molecule has 2 aromatic heterocycles. The number of nitrogens with zero attached hydrogens (tertiary/aromatic N) is 2. The van der Waals surface area contributed by atoms with E-state index in [0.717, 1.165) is 16.6 Å². The van der Waals surface area contributed by atoms with Gasteiger partial charge in [-0.15, -0.1) is 0 Å².